The smallest absolute Gasteiger partial charge is 0.216 e. The van der Waals surface area contributed by atoms with Gasteiger partial charge in [0.05, 0.1) is 6.42 Å². The van der Waals surface area contributed by atoms with Crippen LogP contribution in [0.25, 0.3) is 6.08 Å². The zero-order chi connectivity index (χ0) is 17.8. The van der Waals surface area contributed by atoms with Gasteiger partial charge in [0.1, 0.15) is 0 Å². The van der Waals surface area contributed by atoms with Crippen molar-refractivity contribution in [1.29, 1.82) is 0 Å². The highest BCUT2D eigenvalue weighted by Gasteiger charge is 2.13. The number of benzene rings is 1. The molecule has 0 saturated heterocycles. The molecule has 5 heteroatoms. The van der Waals surface area contributed by atoms with Crippen LogP contribution in [0.2, 0.25) is 0 Å². The fourth-order valence-electron chi connectivity index (χ4n) is 1.94. The zero-order valence-electron chi connectivity index (χ0n) is 14.1. The number of carbonyl (C=O) groups is 3. The molecule has 24 heavy (non-hydrogen) atoms. The average molecular weight is 345 g/mol. The van der Waals surface area contributed by atoms with Crippen molar-refractivity contribution < 1.29 is 14.4 Å². The number of thioether (sulfide) groups is 1. The molecule has 0 spiro atoms. The maximum absolute atomic E-state index is 12.2. The molecular formula is C19H23NO3S. The largest absolute Gasteiger partial charge is 0.356 e. The van der Waals surface area contributed by atoms with Crippen molar-refractivity contribution >= 4 is 34.6 Å². The Morgan fingerprint density at radius 1 is 1.17 bits per heavy atom. The normalized spacial score (nSPS) is 11.5. The maximum atomic E-state index is 12.2. The number of rotatable bonds is 9. The van der Waals surface area contributed by atoms with Crippen molar-refractivity contribution in [3.63, 3.8) is 0 Å². The van der Waals surface area contributed by atoms with E-state index in [0.717, 1.165) is 17.3 Å². The van der Waals surface area contributed by atoms with Gasteiger partial charge in [-0.05, 0) is 17.6 Å². The third kappa shape index (κ3) is 8.48. The highest BCUT2D eigenvalue weighted by molar-refractivity contribution is 8.13. The van der Waals surface area contributed by atoms with Gasteiger partial charge in [0, 0.05) is 19.2 Å². The molecule has 0 aliphatic heterocycles. The van der Waals surface area contributed by atoms with E-state index in [1.807, 2.05) is 49.4 Å². The van der Waals surface area contributed by atoms with Crippen LogP contribution in [0.1, 0.15) is 32.3 Å². The number of carbonyl (C=O) groups excluding carboxylic acids is 3. The Hall–Kier alpha value is -2.14. The number of allylic oxidation sites excluding steroid dienone is 3. The first-order valence-electron chi connectivity index (χ1n) is 7.88. The van der Waals surface area contributed by atoms with Crippen molar-refractivity contribution in [3.05, 3.63) is 53.6 Å². The summed E-state index contributed by atoms with van der Waals surface area (Å²) in [6, 6.07) is 9.81. The SMILES string of the molecule is CCC(=CC=Cc1ccccc1)C(=O)CC(=O)SCCNC(C)=O. The minimum absolute atomic E-state index is 0.108. The second kappa shape index (κ2) is 11.4. The molecule has 0 atom stereocenters. The summed E-state index contributed by atoms with van der Waals surface area (Å²) in [6.07, 6.45) is 6.00. The molecule has 1 aromatic carbocycles. The van der Waals surface area contributed by atoms with E-state index in [9.17, 15) is 14.4 Å². The molecule has 0 radical (unpaired) electrons. The van der Waals surface area contributed by atoms with E-state index in [1.54, 1.807) is 6.08 Å². The Kier molecular flexibility index (Phi) is 9.46. The summed E-state index contributed by atoms with van der Waals surface area (Å²) in [7, 11) is 0. The van der Waals surface area contributed by atoms with Crippen LogP contribution in [-0.4, -0.2) is 29.1 Å². The Morgan fingerprint density at radius 2 is 1.88 bits per heavy atom. The molecule has 0 heterocycles. The van der Waals surface area contributed by atoms with Crippen LogP contribution >= 0.6 is 11.8 Å². The van der Waals surface area contributed by atoms with Crippen molar-refractivity contribution in [2.75, 3.05) is 12.3 Å². The first-order chi connectivity index (χ1) is 11.5. The lowest BCUT2D eigenvalue weighted by Gasteiger charge is -2.03. The molecule has 0 saturated carbocycles. The van der Waals surface area contributed by atoms with Gasteiger partial charge in [0.15, 0.2) is 10.9 Å². The van der Waals surface area contributed by atoms with E-state index in [-0.39, 0.29) is 23.2 Å². The van der Waals surface area contributed by atoms with Crippen LogP contribution in [-0.2, 0) is 14.4 Å². The molecule has 1 rings (SSSR count). The second-order valence-electron chi connectivity index (χ2n) is 5.12. The summed E-state index contributed by atoms with van der Waals surface area (Å²) in [6.45, 7) is 3.75. The van der Waals surface area contributed by atoms with Gasteiger partial charge in [-0.15, -0.1) is 0 Å². The summed E-state index contributed by atoms with van der Waals surface area (Å²) in [5.41, 5.74) is 1.69. The first-order valence-corrected chi connectivity index (χ1v) is 8.87. The fourth-order valence-corrected chi connectivity index (χ4v) is 2.60. The van der Waals surface area contributed by atoms with E-state index in [2.05, 4.69) is 5.32 Å². The molecule has 128 valence electrons. The number of ketones is 1. The van der Waals surface area contributed by atoms with Crippen molar-refractivity contribution in [2.24, 2.45) is 0 Å². The van der Waals surface area contributed by atoms with Crippen molar-refractivity contribution in [2.45, 2.75) is 26.7 Å². The van der Waals surface area contributed by atoms with Crippen LogP contribution in [0.3, 0.4) is 0 Å². The van der Waals surface area contributed by atoms with Gasteiger partial charge in [-0.3, -0.25) is 14.4 Å². The summed E-state index contributed by atoms with van der Waals surface area (Å²) in [4.78, 5) is 34.7. The predicted octanol–water partition coefficient (Wildman–Crippen LogP) is 3.39. The summed E-state index contributed by atoms with van der Waals surface area (Å²) >= 11 is 1.08. The van der Waals surface area contributed by atoms with Crippen molar-refractivity contribution in [1.82, 2.24) is 5.32 Å². The maximum Gasteiger partial charge on any atom is 0.216 e. The molecule has 0 bridgehead atoms. The minimum atomic E-state index is -0.170. The monoisotopic (exact) mass is 345 g/mol. The predicted molar refractivity (Wildman–Crippen MR) is 99.6 cm³/mol. The zero-order valence-corrected chi connectivity index (χ0v) is 14.9. The Balaban J connectivity index is 2.47. The molecule has 0 unspecified atom stereocenters. The van der Waals surface area contributed by atoms with Crippen LogP contribution in [0.15, 0.2) is 48.1 Å². The summed E-state index contributed by atoms with van der Waals surface area (Å²) < 4.78 is 0. The van der Waals surface area contributed by atoms with E-state index < -0.39 is 0 Å². The summed E-state index contributed by atoms with van der Waals surface area (Å²) in [5, 5.41) is 2.44. The standard InChI is InChI=1S/C19H23NO3S/c1-3-17(11-7-10-16-8-5-4-6-9-16)18(22)14-19(23)24-13-12-20-15(2)21/h4-11H,3,12-14H2,1-2H3,(H,20,21). The van der Waals surface area contributed by atoms with Gasteiger partial charge in [0.2, 0.25) is 5.91 Å². The number of hydrogen-bond donors (Lipinski definition) is 1. The number of amides is 1. The fraction of sp³-hybridized carbons (Fsp3) is 0.316. The van der Waals surface area contributed by atoms with Gasteiger partial charge < -0.3 is 5.32 Å². The van der Waals surface area contributed by atoms with Crippen molar-refractivity contribution in [3.8, 4) is 0 Å². The quantitative estimate of drug-likeness (QED) is 0.322. The van der Waals surface area contributed by atoms with Gasteiger partial charge >= 0.3 is 0 Å². The molecule has 1 N–H and O–H groups in total. The Labute approximate surface area is 147 Å². The van der Waals surface area contributed by atoms with Gasteiger partial charge in [-0.25, -0.2) is 0 Å². The Morgan fingerprint density at radius 3 is 2.50 bits per heavy atom. The molecule has 4 nitrogen and oxygen atoms in total. The molecule has 1 amide bonds. The number of nitrogens with one attached hydrogen (secondary N) is 1. The lowest BCUT2D eigenvalue weighted by molar-refractivity contribution is -0.121. The van der Waals surface area contributed by atoms with Gasteiger partial charge in [-0.2, -0.15) is 0 Å². The molecular weight excluding hydrogens is 322 g/mol. The molecule has 0 fully saturated rings. The van der Waals surface area contributed by atoms with Crippen LogP contribution in [0.4, 0.5) is 0 Å². The lowest BCUT2D eigenvalue weighted by atomic mass is 10.1. The van der Waals surface area contributed by atoms with E-state index in [0.29, 0.717) is 24.3 Å². The van der Waals surface area contributed by atoms with Crippen LogP contribution in [0.5, 0.6) is 0 Å². The molecule has 0 aliphatic carbocycles. The van der Waals surface area contributed by atoms with Crippen LogP contribution in [0, 0.1) is 0 Å². The summed E-state index contributed by atoms with van der Waals surface area (Å²) in [5.74, 6) is 0.206. The van der Waals surface area contributed by atoms with Gasteiger partial charge in [0.25, 0.3) is 0 Å². The van der Waals surface area contributed by atoms with E-state index >= 15 is 0 Å². The molecule has 0 aliphatic rings. The highest BCUT2D eigenvalue weighted by atomic mass is 32.2. The van der Waals surface area contributed by atoms with Crippen LogP contribution < -0.4 is 5.32 Å². The Bertz CT molecular complexity index is 621. The minimum Gasteiger partial charge on any atom is -0.356 e. The number of hydrogen-bond acceptors (Lipinski definition) is 4. The lowest BCUT2D eigenvalue weighted by Crippen LogP contribution is -2.23. The third-order valence-electron chi connectivity index (χ3n) is 3.17. The molecule has 1 aromatic rings. The second-order valence-corrected chi connectivity index (χ2v) is 6.27. The van der Waals surface area contributed by atoms with E-state index in [1.165, 1.54) is 6.92 Å². The third-order valence-corrected chi connectivity index (χ3v) is 4.04. The number of Topliss-reactive ketones (excluding diaryl/α,β-unsaturated/α-hetero) is 1. The average Bonchev–Trinajstić information content (AvgIpc) is 2.56. The topological polar surface area (TPSA) is 63.2 Å². The highest BCUT2D eigenvalue weighted by Crippen LogP contribution is 2.12. The van der Waals surface area contributed by atoms with Gasteiger partial charge in [-0.1, -0.05) is 67.2 Å². The first kappa shape index (κ1) is 19.9. The van der Waals surface area contributed by atoms with E-state index in [4.69, 9.17) is 0 Å². The molecule has 0 aromatic heterocycles.